The average molecular weight is 373 g/mol. The SMILES string of the molecule is CCN(CC)C(=O)Cn1cc(C(=O)N[C@@H](c2ccco2)C(F)(F)F)nn1. The Morgan fingerprint density at radius 1 is 1.35 bits per heavy atom. The van der Waals surface area contributed by atoms with E-state index in [0.717, 1.165) is 23.2 Å². The van der Waals surface area contributed by atoms with Crippen molar-refractivity contribution in [2.75, 3.05) is 13.1 Å². The van der Waals surface area contributed by atoms with Crippen LogP contribution in [0.1, 0.15) is 36.1 Å². The molecule has 2 amide bonds. The molecule has 0 bridgehead atoms. The van der Waals surface area contributed by atoms with Gasteiger partial charge in [0.05, 0.1) is 12.5 Å². The van der Waals surface area contributed by atoms with Gasteiger partial charge in [-0.3, -0.25) is 9.59 Å². The lowest BCUT2D eigenvalue weighted by Crippen LogP contribution is -2.38. The van der Waals surface area contributed by atoms with Crippen molar-refractivity contribution in [2.24, 2.45) is 0 Å². The number of hydrogen-bond donors (Lipinski definition) is 1. The van der Waals surface area contributed by atoms with Crippen LogP contribution in [0.4, 0.5) is 13.2 Å². The van der Waals surface area contributed by atoms with Crippen LogP contribution < -0.4 is 5.32 Å². The first-order valence-electron chi connectivity index (χ1n) is 7.85. The van der Waals surface area contributed by atoms with Crippen LogP contribution in [0.5, 0.6) is 0 Å². The third kappa shape index (κ3) is 4.61. The number of alkyl halides is 3. The van der Waals surface area contributed by atoms with Crippen LogP contribution in [-0.2, 0) is 11.3 Å². The zero-order valence-electron chi connectivity index (χ0n) is 14.2. The average Bonchev–Trinajstić information content (AvgIpc) is 3.24. The molecule has 2 heterocycles. The van der Waals surface area contributed by atoms with E-state index in [-0.39, 0.29) is 18.1 Å². The predicted octanol–water partition coefficient (Wildman–Crippen LogP) is 1.77. The summed E-state index contributed by atoms with van der Waals surface area (Å²) in [4.78, 5) is 25.6. The largest absolute Gasteiger partial charge is 0.467 e. The fourth-order valence-electron chi connectivity index (χ4n) is 2.27. The molecule has 0 fully saturated rings. The fourth-order valence-corrected chi connectivity index (χ4v) is 2.27. The van der Waals surface area contributed by atoms with E-state index >= 15 is 0 Å². The van der Waals surface area contributed by atoms with E-state index in [4.69, 9.17) is 4.42 Å². The van der Waals surface area contributed by atoms with E-state index in [1.54, 1.807) is 4.90 Å². The summed E-state index contributed by atoms with van der Waals surface area (Å²) in [7, 11) is 0. The third-order valence-electron chi connectivity index (χ3n) is 3.62. The van der Waals surface area contributed by atoms with Crippen molar-refractivity contribution in [3.05, 3.63) is 36.0 Å². The second kappa shape index (κ2) is 8.02. The fraction of sp³-hybridized carbons (Fsp3) is 0.467. The number of furan rings is 1. The van der Waals surface area contributed by atoms with Gasteiger partial charge in [0.25, 0.3) is 5.91 Å². The Hall–Kier alpha value is -2.85. The van der Waals surface area contributed by atoms with Crippen molar-refractivity contribution < 1.29 is 27.2 Å². The van der Waals surface area contributed by atoms with Gasteiger partial charge in [-0.05, 0) is 26.0 Å². The summed E-state index contributed by atoms with van der Waals surface area (Å²) in [6, 6.07) is 0.0837. The highest BCUT2D eigenvalue weighted by Gasteiger charge is 2.44. The summed E-state index contributed by atoms with van der Waals surface area (Å²) in [5.41, 5.74) is -0.335. The summed E-state index contributed by atoms with van der Waals surface area (Å²) in [6.45, 7) is 4.48. The molecule has 2 aromatic heterocycles. The zero-order chi connectivity index (χ0) is 19.3. The maximum Gasteiger partial charge on any atom is 0.415 e. The molecule has 142 valence electrons. The first kappa shape index (κ1) is 19.5. The molecule has 26 heavy (non-hydrogen) atoms. The number of nitrogens with zero attached hydrogens (tertiary/aromatic N) is 4. The Labute approximate surface area is 146 Å². The molecule has 1 atom stereocenters. The van der Waals surface area contributed by atoms with Gasteiger partial charge < -0.3 is 14.6 Å². The summed E-state index contributed by atoms with van der Waals surface area (Å²) >= 11 is 0. The van der Waals surface area contributed by atoms with E-state index in [0.29, 0.717) is 13.1 Å². The Morgan fingerprint density at radius 3 is 2.58 bits per heavy atom. The predicted molar refractivity (Wildman–Crippen MR) is 82.9 cm³/mol. The van der Waals surface area contributed by atoms with Gasteiger partial charge >= 0.3 is 6.18 Å². The number of rotatable bonds is 7. The molecule has 0 aliphatic heterocycles. The number of amides is 2. The smallest absolute Gasteiger partial charge is 0.415 e. The molecule has 0 saturated carbocycles. The number of likely N-dealkylation sites (N-methyl/N-ethyl adjacent to an activating group) is 1. The van der Waals surface area contributed by atoms with Gasteiger partial charge in [0, 0.05) is 13.1 Å². The number of halogens is 3. The van der Waals surface area contributed by atoms with E-state index in [2.05, 4.69) is 10.3 Å². The molecule has 1 N–H and O–H groups in total. The molecule has 0 radical (unpaired) electrons. The van der Waals surface area contributed by atoms with Gasteiger partial charge in [0.1, 0.15) is 12.3 Å². The lowest BCUT2D eigenvalue weighted by molar-refractivity contribution is -0.159. The number of nitrogens with one attached hydrogen (secondary N) is 1. The van der Waals surface area contributed by atoms with Crippen LogP contribution in [0.2, 0.25) is 0 Å². The highest BCUT2D eigenvalue weighted by Crippen LogP contribution is 2.33. The highest BCUT2D eigenvalue weighted by molar-refractivity contribution is 5.92. The van der Waals surface area contributed by atoms with Crippen molar-refractivity contribution in [1.82, 2.24) is 25.2 Å². The molecule has 0 aliphatic rings. The molecule has 11 heteroatoms. The second-order valence-corrected chi connectivity index (χ2v) is 5.33. The Bertz CT molecular complexity index is 738. The molecule has 0 aromatic carbocycles. The summed E-state index contributed by atoms with van der Waals surface area (Å²) < 4.78 is 45.3. The maximum atomic E-state index is 13.1. The maximum absolute atomic E-state index is 13.1. The van der Waals surface area contributed by atoms with Crippen molar-refractivity contribution in [3.8, 4) is 0 Å². The van der Waals surface area contributed by atoms with Crippen molar-refractivity contribution >= 4 is 11.8 Å². The lowest BCUT2D eigenvalue weighted by atomic mass is 10.2. The van der Waals surface area contributed by atoms with E-state index < -0.39 is 23.9 Å². The van der Waals surface area contributed by atoms with Crippen LogP contribution in [0.15, 0.2) is 29.0 Å². The van der Waals surface area contributed by atoms with Gasteiger partial charge in [-0.25, -0.2) is 4.68 Å². The van der Waals surface area contributed by atoms with Gasteiger partial charge in [-0.15, -0.1) is 5.10 Å². The minimum atomic E-state index is -4.75. The summed E-state index contributed by atoms with van der Waals surface area (Å²) in [5, 5.41) is 8.96. The first-order chi connectivity index (χ1) is 12.3. The zero-order valence-corrected chi connectivity index (χ0v) is 14.2. The molecular weight excluding hydrogens is 355 g/mol. The lowest BCUT2D eigenvalue weighted by Gasteiger charge is -2.19. The minimum Gasteiger partial charge on any atom is -0.467 e. The standard InChI is InChI=1S/C15H18F3N5O3/c1-3-22(4-2)12(24)9-23-8-10(20-21-23)14(25)19-13(15(16,17)18)11-6-5-7-26-11/h5-8,13H,3-4,9H2,1-2H3,(H,19,25)/t13-/m0/s1. The van der Waals surface area contributed by atoms with Gasteiger partial charge in [0.15, 0.2) is 11.7 Å². The number of carbonyl (C=O) groups excluding carboxylic acids is 2. The van der Waals surface area contributed by atoms with Crippen LogP contribution in [0.25, 0.3) is 0 Å². The topological polar surface area (TPSA) is 93.3 Å². The van der Waals surface area contributed by atoms with Gasteiger partial charge in [0.2, 0.25) is 5.91 Å². The Kier molecular flexibility index (Phi) is 6.01. The highest BCUT2D eigenvalue weighted by atomic mass is 19.4. The second-order valence-electron chi connectivity index (χ2n) is 5.33. The summed E-state index contributed by atoms with van der Waals surface area (Å²) in [6.07, 6.45) is -2.55. The minimum absolute atomic E-state index is 0.164. The quantitative estimate of drug-likeness (QED) is 0.798. The summed E-state index contributed by atoms with van der Waals surface area (Å²) in [5.74, 6) is -1.77. The monoisotopic (exact) mass is 373 g/mol. The number of carbonyl (C=O) groups is 2. The van der Waals surface area contributed by atoms with Crippen molar-refractivity contribution in [2.45, 2.75) is 32.6 Å². The number of hydrogen-bond acceptors (Lipinski definition) is 5. The molecule has 0 unspecified atom stereocenters. The third-order valence-corrected chi connectivity index (χ3v) is 3.62. The van der Waals surface area contributed by atoms with Crippen LogP contribution in [0, 0.1) is 0 Å². The van der Waals surface area contributed by atoms with Crippen molar-refractivity contribution in [3.63, 3.8) is 0 Å². The van der Waals surface area contributed by atoms with Crippen LogP contribution in [0.3, 0.4) is 0 Å². The van der Waals surface area contributed by atoms with Crippen LogP contribution in [-0.4, -0.2) is 51.0 Å². The van der Waals surface area contributed by atoms with Gasteiger partial charge in [-0.1, -0.05) is 5.21 Å². The van der Waals surface area contributed by atoms with E-state index in [9.17, 15) is 22.8 Å². The Morgan fingerprint density at radius 2 is 2.04 bits per heavy atom. The molecule has 0 saturated heterocycles. The molecule has 2 rings (SSSR count). The first-order valence-corrected chi connectivity index (χ1v) is 7.85. The molecule has 2 aromatic rings. The molecule has 0 spiro atoms. The Balaban J connectivity index is 2.08. The van der Waals surface area contributed by atoms with E-state index in [1.807, 2.05) is 19.2 Å². The van der Waals surface area contributed by atoms with E-state index in [1.165, 1.54) is 6.07 Å². The van der Waals surface area contributed by atoms with Crippen molar-refractivity contribution in [1.29, 1.82) is 0 Å². The molecule has 8 nitrogen and oxygen atoms in total. The molecule has 0 aliphatic carbocycles. The molecular formula is C15H18F3N5O3. The van der Waals surface area contributed by atoms with Gasteiger partial charge in [-0.2, -0.15) is 13.2 Å². The number of aromatic nitrogens is 3. The normalized spacial score (nSPS) is 12.7. The van der Waals surface area contributed by atoms with Crippen LogP contribution >= 0.6 is 0 Å².